The Balaban J connectivity index is 1.63. The SMILES string of the molecule is CC[C@H]1OC(=O)[C@H](C)[C@@H](OC2C[C@@](C)(OC)[C@@H](OC(=O)c3ccccc3)[C@H](C)O2)[C@H](C)[C@@H](OC2O[C@H](C)C[C@H](N(C)C)[C@H]2OC(=O)c2ccccc2)[C@@](C)(OC)C[C@@H](C)C(=O)/C(C)=C/[C@@]1(O)CC. The van der Waals surface area contributed by atoms with Crippen LogP contribution in [0.2, 0.25) is 0 Å². The Bertz CT molecular complexity index is 2030. The van der Waals surface area contributed by atoms with Crippen molar-refractivity contribution in [3.63, 3.8) is 0 Å². The molecule has 0 spiro atoms. The molecule has 3 aliphatic rings. The maximum atomic E-state index is 14.7. The third-order valence-corrected chi connectivity index (χ3v) is 14.5. The largest absolute Gasteiger partial charge is 0.459 e. The van der Waals surface area contributed by atoms with Crippen molar-refractivity contribution in [2.75, 3.05) is 28.3 Å². The first kappa shape index (κ1) is 54.9. The van der Waals surface area contributed by atoms with E-state index in [-0.39, 0.29) is 43.6 Å². The van der Waals surface area contributed by atoms with Gasteiger partial charge in [0, 0.05) is 32.5 Å². The molecule has 3 aliphatic heterocycles. The summed E-state index contributed by atoms with van der Waals surface area (Å²) < 4.78 is 58.6. The Morgan fingerprint density at radius 3 is 1.87 bits per heavy atom. The van der Waals surface area contributed by atoms with Crippen LogP contribution in [0.4, 0.5) is 0 Å². The van der Waals surface area contributed by atoms with Gasteiger partial charge >= 0.3 is 17.9 Å². The van der Waals surface area contributed by atoms with Crippen LogP contribution in [0.25, 0.3) is 0 Å². The lowest BCUT2D eigenvalue weighted by atomic mass is 9.76. The fourth-order valence-electron chi connectivity index (χ4n) is 10.3. The average molecular weight is 952 g/mol. The zero-order valence-electron chi connectivity index (χ0n) is 42.6. The normalized spacial score (nSPS) is 38.4. The Morgan fingerprint density at radius 1 is 0.779 bits per heavy atom. The number of allylic oxidation sites excluding steroid dienone is 1. The van der Waals surface area contributed by atoms with E-state index >= 15 is 0 Å². The number of cyclic esters (lactones) is 1. The first-order valence-corrected chi connectivity index (χ1v) is 24.1. The third-order valence-electron chi connectivity index (χ3n) is 14.5. The van der Waals surface area contributed by atoms with Gasteiger partial charge in [-0.05, 0) is 117 Å². The van der Waals surface area contributed by atoms with Crippen molar-refractivity contribution >= 4 is 23.7 Å². The summed E-state index contributed by atoms with van der Waals surface area (Å²) in [5, 5.41) is 12.1. The molecule has 1 N–H and O–H groups in total. The smallest absolute Gasteiger partial charge is 0.338 e. The van der Waals surface area contributed by atoms with Crippen LogP contribution < -0.4 is 0 Å². The van der Waals surface area contributed by atoms with Gasteiger partial charge in [0.15, 0.2) is 30.6 Å². The van der Waals surface area contributed by atoms with E-state index < -0.39 is 102 Å². The van der Waals surface area contributed by atoms with Gasteiger partial charge in [0.25, 0.3) is 0 Å². The minimum Gasteiger partial charge on any atom is -0.459 e. The maximum Gasteiger partial charge on any atom is 0.338 e. The average Bonchev–Trinajstić information content (AvgIpc) is 3.32. The molecule has 0 aromatic heterocycles. The van der Waals surface area contributed by atoms with E-state index in [1.165, 1.54) is 20.3 Å². The van der Waals surface area contributed by atoms with Gasteiger partial charge in [-0.15, -0.1) is 0 Å². The van der Waals surface area contributed by atoms with Crippen molar-refractivity contribution in [3.8, 4) is 0 Å². The Hall–Kier alpha value is -4.06. The number of carbonyl (C=O) groups is 4. The van der Waals surface area contributed by atoms with Crippen molar-refractivity contribution in [1.82, 2.24) is 4.90 Å². The molecular weight excluding hydrogens is 875 g/mol. The summed E-state index contributed by atoms with van der Waals surface area (Å²) in [7, 11) is 6.88. The van der Waals surface area contributed by atoms with Crippen LogP contribution in [-0.4, -0.2) is 140 Å². The number of hydrogen-bond acceptors (Lipinski definition) is 15. The second-order valence-electron chi connectivity index (χ2n) is 19.8. The monoisotopic (exact) mass is 952 g/mol. The number of rotatable bonds is 13. The lowest BCUT2D eigenvalue weighted by Gasteiger charge is -2.50. The quantitative estimate of drug-likeness (QED) is 0.154. The molecule has 0 aliphatic carbocycles. The highest BCUT2D eigenvalue weighted by molar-refractivity contribution is 5.96. The standard InChI is InChI=1S/C53H77NO14/c1-15-40-53(59,16-2)29-32(4)42(55)31(3)28-51(9,60-13)45(68-50-44(39(54(11)12)27-33(5)62-50)66-48(57)37-23-19-17-20-24-37)34(6)43(35(7)47(56)64-40)65-41-30-52(10,61-14)46(36(8)63-41)67-49(58)38-25-21-18-22-26-38/h17-26,29,31,33-36,39-41,43-46,50,59H,15-16,27-28,30H2,1-14H3/b32-29+/t31-,33-,34+,35-,36+,39+,40-,41?,43+,44-,45-,46+,50?,51+,52-,53+/m1/s1. The molecule has 0 amide bonds. The second-order valence-corrected chi connectivity index (χ2v) is 19.8. The van der Waals surface area contributed by atoms with Crippen LogP contribution in [0.3, 0.4) is 0 Å². The topological polar surface area (TPSA) is 175 Å². The molecule has 5 rings (SSSR count). The lowest BCUT2D eigenvalue weighted by molar-refractivity contribution is -0.318. The molecular formula is C53H77NO14. The second kappa shape index (κ2) is 23.2. The fourth-order valence-corrected chi connectivity index (χ4v) is 10.3. The Morgan fingerprint density at radius 2 is 1.34 bits per heavy atom. The highest BCUT2D eigenvalue weighted by Crippen LogP contribution is 2.42. The van der Waals surface area contributed by atoms with Gasteiger partial charge in [0.2, 0.25) is 0 Å². The van der Waals surface area contributed by atoms with Crippen molar-refractivity contribution < 1.29 is 66.9 Å². The van der Waals surface area contributed by atoms with Crippen LogP contribution in [0, 0.1) is 17.8 Å². The van der Waals surface area contributed by atoms with E-state index in [4.69, 9.17) is 42.6 Å². The maximum absolute atomic E-state index is 14.7. The van der Waals surface area contributed by atoms with Crippen LogP contribution in [0.15, 0.2) is 72.3 Å². The highest BCUT2D eigenvalue weighted by Gasteiger charge is 2.54. The number of esters is 3. The van der Waals surface area contributed by atoms with Gasteiger partial charge in [-0.3, -0.25) is 9.59 Å². The number of methoxy groups -OCH3 is 2. The minimum absolute atomic E-state index is 0.0761. The zero-order valence-corrected chi connectivity index (χ0v) is 42.6. The molecule has 0 saturated carbocycles. The minimum atomic E-state index is -1.66. The number of aliphatic hydroxyl groups is 1. The number of ketones is 1. The summed E-state index contributed by atoms with van der Waals surface area (Å²) in [6.45, 7) is 18.0. The van der Waals surface area contributed by atoms with Crippen LogP contribution in [0.1, 0.15) is 122 Å². The van der Waals surface area contributed by atoms with E-state index in [0.717, 1.165) is 0 Å². The first-order valence-electron chi connectivity index (χ1n) is 24.1. The predicted molar refractivity (Wildman–Crippen MR) is 254 cm³/mol. The highest BCUT2D eigenvalue weighted by atomic mass is 16.7. The molecule has 378 valence electrons. The number of carbonyl (C=O) groups excluding carboxylic acids is 4. The summed E-state index contributed by atoms with van der Waals surface area (Å²) in [4.78, 5) is 58.3. The van der Waals surface area contributed by atoms with Gasteiger partial charge in [0.05, 0.1) is 53.1 Å². The fraction of sp³-hybridized carbons (Fsp3) is 0.660. The predicted octanol–water partition coefficient (Wildman–Crippen LogP) is 7.51. The number of benzene rings is 2. The van der Waals surface area contributed by atoms with Gasteiger partial charge in [-0.1, -0.05) is 64.1 Å². The molecule has 15 heteroatoms. The number of nitrogens with zero attached hydrogens (tertiary/aromatic N) is 1. The summed E-state index contributed by atoms with van der Waals surface area (Å²) in [6.07, 6.45) is -5.56. The third kappa shape index (κ3) is 12.4. The molecule has 68 heavy (non-hydrogen) atoms. The van der Waals surface area contributed by atoms with Gasteiger partial charge < -0.3 is 52.6 Å². The molecule has 3 heterocycles. The molecule has 0 radical (unpaired) electrons. The first-order chi connectivity index (χ1) is 32.0. The van der Waals surface area contributed by atoms with E-state index in [0.29, 0.717) is 23.1 Å². The molecule has 2 aromatic carbocycles. The van der Waals surface area contributed by atoms with Crippen molar-refractivity contribution in [1.29, 1.82) is 0 Å². The molecule has 15 nitrogen and oxygen atoms in total. The van der Waals surface area contributed by atoms with E-state index in [2.05, 4.69) is 0 Å². The van der Waals surface area contributed by atoms with Gasteiger partial charge in [-0.25, -0.2) is 9.59 Å². The number of hydrogen-bond donors (Lipinski definition) is 1. The van der Waals surface area contributed by atoms with Crippen LogP contribution >= 0.6 is 0 Å². The number of ether oxygens (including phenoxy) is 9. The van der Waals surface area contributed by atoms with Gasteiger partial charge in [-0.2, -0.15) is 0 Å². The molecule has 2 saturated heterocycles. The Kier molecular flexibility index (Phi) is 18.8. The summed E-state index contributed by atoms with van der Waals surface area (Å²) >= 11 is 0. The zero-order chi connectivity index (χ0) is 50.3. The number of Topliss-reactive ketones (excluding diaryl/α,β-unsaturated/α-hetero) is 1. The molecule has 2 aromatic rings. The van der Waals surface area contributed by atoms with Crippen molar-refractivity contribution in [2.24, 2.45) is 17.8 Å². The van der Waals surface area contributed by atoms with Crippen molar-refractivity contribution in [2.45, 2.75) is 179 Å². The molecule has 0 bridgehead atoms. The number of likely N-dealkylation sites (N-methyl/N-ethyl adjacent to an activating group) is 1. The molecule has 2 unspecified atom stereocenters. The van der Waals surface area contributed by atoms with Crippen LogP contribution in [0.5, 0.6) is 0 Å². The molecule has 16 atom stereocenters. The van der Waals surface area contributed by atoms with Crippen LogP contribution in [-0.2, 0) is 52.2 Å². The van der Waals surface area contributed by atoms with E-state index in [1.807, 2.05) is 65.7 Å². The molecule has 2 fully saturated rings. The summed E-state index contributed by atoms with van der Waals surface area (Å²) in [5.74, 6) is -4.49. The Labute approximate surface area is 403 Å². The summed E-state index contributed by atoms with van der Waals surface area (Å²) in [6, 6.07) is 17.0. The van der Waals surface area contributed by atoms with Gasteiger partial charge in [0.1, 0.15) is 17.3 Å². The van der Waals surface area contributed by atoms with E-state index in [1.54, 1.807) is 83.1 Å². The lowest BCUT2D eigenvalue weighted by Crippen LogP contribution is -2.61. The van der Waals surface area contributed by atoms with Crippen molar-refractivity contribution in [3.05, 3.63) is 83.4 Å². The summed E-state index contributed by atoms with van der Waals surface area (Å²) in [5.41, 5.74) is -3.04. The van der Waals surface area contributed by atoms with E-state index in [9.17, 15) is 24.3 Å².